The first-order valence-corrected chi connectivity index (χ1v) is 44.0. The van der Waals surface area contributed by atoms with Gasteiger partial charge in [-0.15, -0.1) is 0 Å². The quantitative estimate of drug-likeness (QED) is 0.0203. The van der Waals surface area contributed by atoms with E-state index < -0.39 is 88.5 Å². The highest BCUT2D eigenvalue weighted by atomic mass is 19.4. The highest BCUT2D eigenvalue weighted by molar-refractivity contribution is 6.00. The Labute approximate surface area is 752 Å². The Morgan fingerprint density at radius 1 is 0.394 bits per heavy atom. The number of alkyl halides is 3. The fourth-order valence-electron chi connectivity index (χ4n) is 15.2. The molecule has 24 nitrogen and oxygen atoms in total. The van der Waals surface area contributed by atoms with Crippen LogP contribution in [-0.2, 0) is 107 Å². The maximum absolute atomic E-state index is 14.2. The van der Waals surface area contributed by atoms with Gasteiger partial charge in [0, 0.05) is 75.5 Å². The standard InChI is InChI=1S/C42H59N3O7.C33H44N2O6.C11H16F3NO3.C10H18O2.3CH4.FH/c1-29(2)22-36(43-40(49)33(17-16-31-12-8-6-9-13-31)25-35(46)27-45-18-20-51-21-19-45)38(47)26-34(24-32-14-10-7-11-15-32)41(50)44-37(23-30(3)4)39(48)42(5)28-52-42;1-24(2)19-30(31(37)22-28(33(39)40)20-26-11-7-4-8-12-26)34-32(38)27(14-13-25-9-5-3-6-10-25)21-29(36)23-35-15-17-41-18-16-35;1-6(2)4-7(8(16)10(3)5-18-10)15-9(17)11(12,13)14;1-7(2)5-8(3)9(11)10(4)6-12-10;;;;/h6-15,29-30,33-34,36-37H,16-28H2,1-5H3,(H,43,49)(H,44,50);3-12,24,27-28,30H,13-23H2,1-2H3,(H,34,38)(H,39,40);6-7H,4-5H2,1-3H3,(H,15,17);7-8H,5-6H2,1-4H3;3*1H4;1H/t33-,34-,36+,37+,42-;27-,28-,30+;7-,10+;8-,10+;;;;/m1100..../s1. The molecule has 0 spiro atoms. The monoisotopic (exact) mass is 1790 g/mol. The Kier molecular flexibility index (Phi) is 50.5. The van der Waals surface area contributed by atoms with Gasteiger partial charge in [-0.25, -0.2) is 0 Å². The van der Waals surface area contributed by atoms with E-state index in [9.17, 15) is 75.8 Å². The van der Waals surface area contributed by atoms with E-state index in [1.54, 1.807) is 26.1 Å². The van der Waals surface area contributed by atoms with Crippen molar-refractivity contribution in [2.75, 3.05) is 85.5 Å². The number of epoxide rings is 3. The van der Waals surface area contributed by atoms with E-state index in [0.717, 1.165) is 28.7 Å². The minimum Gasteiger partial charge on any atom is -0.481 e. The van der Waals surface area contributed by atoms with E-state index >= 15 is 0 Å². The first-order chi connectivity index (χ1) is 58.0. The van der Waals surface area contributed by atoms with Crippen molar-refractivity contribution in [3.8, 4) is 0 Å². The van der Waals surface area contributed by atoms with E-state index in [-0.39, 0.29) is 167 Å². The lowest BCUT2D eigenvalue weighted by molar-refractivity contribution is -0.175. The smallest absolute Gasteiger partial charge is 0.471 e. The number of benzene rings is 4. The van der Waals surface area contributed by atoms with Crippen LogP contribution in [0.15, 0.2) is 121 Å². The summed E-state index contributed by atoms with van der Waals surface area (Å²) in [5.41, 5.74) is 1.52. The average molecular weight is 1790 g/mol. The van der Waals surface area contributed by atoms with Gasteiger partial charge in [0.05, 0.1) is 89.4 Å². The fraction of sp³-hybridized carbons (Fsp3) is 0.636. The molecule has 5 saturated heterocycles. The van der Waals surface area contributed by atoms with Gasteiger partial charge in [0.25, 0.3) is 0 Å². The Bertz CT molecular complexity index is 4020. The second kappa shape index (κ2) is 56.1. The molecule has 4 aromatic carbocycles. The number of rotatable bonds is 48. The van der Waals surface area contributed by atoms with Gasteiger partial charge in [-0.05, 0) is 143 Å². The van der Waals surface area contributed by atoms with Crippen molar-refractivity contribution in [2.45, 2.75) is 263 Å². The first-order valence-electron chi connectivity index (χ1n) is 44.0. The summed E-state index contributed by atoms with van der Waals surface area (Å²) in [6.07, 6.45) is -0.0315. The number of Topliss-reactive ketones (excluding diaryl/α,β-unsaturated/α-hetero) is 7. The number of aliphatic carboxylic acids is 1. The van der Waals surface area contributed by atoms with Crippen molar-refractivity contribution in [2.24, 2.45) is 59.2 Å². The molecule has 5 fully saturated rings. The van der Waals surface area contributed by atoms with Crippen LogP contribution >= 0.6 is 0 Å². The van der Waals surface area contributed by atoms with Gasteiger partial charge in [-0.3, -0.25) is 72.0 Å². The van der Waals surface area contributed by atoms with Crippen molar-refractivity contribution in [1.29, 1.82) is 0 Å². The number of hydrogen-bond donors (Lipinski definition) is 5. The molecule has 0 radical (unpaired) electrons. The summed E-state index contributed by atoms with van der Waals surface area (Å²) in [6, 6.07) is 34.9. The van der Waals surface area contributed by atoms with Crippen molar-refractivity contribution in [3.63, 3.8) is 0 Å². The molecule has 28 heteroatoms. The highest BCUT2D eigenvalue weighted by Gasteiger charge is 2.53. The molecule has 5 N–H and O–H groups in total. The molecule has 712 valence electrons. The van der Waals surface area contributed by atoms with E-state index in [0.29, 0.717) is 123 Å². The summed E-state index contributed by atoms with van der Waals surface area (Å²) in [5, 5.41) is 20.5. The number of ether oxygens (including phenoxy) is 5. The number of ketones is 7. The lowest BCUT2D eigenvalue weighted by Gasteiger charge is -2.28. The van der Waals surface area contributed by atoms with Crippen LogP contribution in [0.3, 0.4) is 0 Å². The minimum atomic E-state index is -4.99. The summed E-state index contributed by atoms with van der Waals surface area (Å²) >= 11 is 0. The van der Waals surface area contributed by atoms with E-state index in [4.69, 9.17) is 23.7 Å². The summed E-state index contributed by atoms with van der Waals surface area (Å²) in [6.45, 7) is 33.5. The number of amides is 4. The van der Waals surface area contributed by atoms with Gasteiger partial charge >= 0.3 is 18.1 Å². The highest BCUT2D eigenvalue weighted by Crippen LogP contribution is 2.34. The van der Waals surface area contributed by atoms with Crippen LogP contribution in [0, 0.1) is 59.2 Å². The van der Waals surface area contributed by atoms with Crippen molar-refractivity contribution >= 4 is 70.1 Å². The molecule has 4 amide bonds. The number of carboxylic acid groups (broad SMARTS) is 1. The molecule has 5 aliphatic heterocycles. The lowest BCUT2D eigenvalue weighted by atomic mass is 9.87. The van der Waals surface area contributed by atoms with Gasteiger partial charge in [-0.1, -0.05) is 220 Å². The number of carbonyl (C=O) groups excluding carboxylic acids is 11. The van der Waals surface area contributed by atoms with Crippen LogP contribution in [-0.4, -0.2) is 218 Å². The Morgan fingerprint density at radius 2 is 0.677 bits per heavy atom. The van der Waals surface area contributed by atoms with E-state index in [2.05, 4.69) is 34.7 Å². The third-order valence-corrected chi connectivity index (χ3v) is 22.5. The van der Waals surface area contributed by atoms with Gasteiger partial charge in [0.2, 0.25) is 17.7 Å². The molecule has 0 unspecified atom stereocenters. The molecular formula is C99H150F4N6O18. The molecular weight excluding hydrogens is 1640 g/mol. The Balaban J connectivity index is 0.000000641. The summed E-state index contributed by atoms with van der Waals surface area (Å²) in [4.78, 5) is 160. The third-order valence-electron chi connectivity index (χ3n) is 22.5. The maximum Gasteiger partial charge on any atom is 0.471 e. The number of morpholine rings is 2. The number of nitrogens with zero attached hydrogens (tertiary/aromatic N) is 2. The summed E-state index contributed by atoms with van der Waals surface area (Å²) in [7, 11) is 0. The second-order valence-corrected chi connectivity index (χ2v) is 36.6. The first kappa shape index (κ1) is 114. The SMILES string of the molecule is C.C.C.CC(C)C[C@H](C)C(=O)[C@@]1(C)CO1.CC(C)C[C@H](NC(=O)C(F)(F)F)C(=O)[C@@]1(C)CO1.CC(C)C[C@H](NC(=O)[C@H](CCc1ccccc1)CC(=O)CN1CCOCC1)C(=O)C[C@@H](Cc1ccccc1)C(=O)N[C@@H](CC(C)C)C(=O)[C@@]1(C)CO1.CC(C)C[C@H](NC(=O)[C@H](CCc1ccccc1)CC(=O)CN1CCOCC1)C(=O)C[C@@H](Cc1ccccc1)C(=O)O.F. The molecule has 0 aromatic heterocycles. The van der Waals surface area contributed by atoms with Crippen molar-refractivity contribution in [1.82, 2.24) is 31.1 Å². The molecule has 0 bridgehead atoms. The predicted molar refractivity (Wildman–Crippen MR) is 485 cm³/mol. The van der Waals surface area contributed by atoms with Crippen LogP contribution in [0.25, 0.3) is 0 Å². The van der Waals surface area contributed by atoms with E-state index in [1.165, 1.54) is 6.92 Å². The number of carboxylic acids is 1. The molecule has 5 aliphatic rings. The maximum atomic E-state index is 14.2. The van der Waals surface area contributed by atoms with Crippen LogP contribution < -0.4 is 21.3 Å². The van der Waals surface area contributed by atoms with Crippen LogP contribution in [0.5, 0.6) is 0 Å². The Morgan fingerprint density at radius 3 is 0.992 bits per heavy atom. The molecule has 5 heterocycles. The average Bonchev–Trinajstić information content (AvgIpc) is 1.65. The largest absolute Gasteiger partial charge is 0.481 e. The molecule has 0 saturated carbocycles. The number of nitrogens with one attached hydrogen (secondary N) is 4. The zero-order chi connectivity index (χ0) is 90.8. The van der Waals surface area contributed by atoms with Gasteiger partial charge < -0.3 is 50.1 Å². The number of aryl methyl sites for hydroxylation is 2. The van der Waals surface area contributed by atoms with Gasteiger partial charge in [0.15, 0.2) is 28.9 Å². The van der Waals surface area contributed by atoms with E-state index in [1.807, 2.05) is 182 Å². The Hall–Kier alpha value is -8.64. The summed E-state index contributed by atoms with van der Waals surface area (Å²) in [5.74, 6) is -6.92. The molecule has 12 atom stereocenters. The molecule has 4 aromatic rings. The zero-order valence-electron chi connectivity index (χ0n) is 75.3. The number of halogens is 4. The van der Waals surface area contributed by atoms with Crippen molar-refractivity contribution in [3.05, 3.63) is 144 Å². The normalized spacial score (nSPS) is 19.7. The summed E-state index contributed by atoms with van der Waals surface area (Å²) < 4.78 is 62.8. The number of carbonyl (C=O) groups is 12. The van der Waals surface area contributed by atoms with Crippen LogP contribution in [0.4, 0.5) is 17.9 Å². The third kappa shape index (κ3) is 42.2. The lowest BCUT2D eigenvalue weighted by Crippen LogP contribution is -2.50. The fourth-order valence-corrected chi connectivity index (χ4v) is 15.2. The minimum absolute atomic E-state index is 0. The van der Waals surface area contributed by atoms with Crippen molar-refractivity contribution < 1.29 is 104 Å². The van der Waals surface area contributed by atoms with Gasteiger partial charge in [0.1, 0.15) is 28.4 Å². The second-order valence-electron chi connectivity index (χ2n) is 36.6. The molecule has 0 aliphatic carbocycles. The van der Waals surface area contributed by atoms with Gasteiger partial charge in [-0.2, -0.15) is 13.2 Å². The molecule has 9 rings (SSSR count). The number of hydrogen-bond acceptors (Lipinski definition) is 19. The predicted octanol–water partition coefficient (Wildman–Crippen LogP) is 14.3. The zero-order valence-corrected chi connectivity index (χ0v) is 75.3. The molecule has 127 heavy (non-hydrogen) atoms. The van der Waals surface area contributed by atoms with Crippen LogP contribution in [0.2, 0.25) is 0 Å². The van der Waals surface area contributed by atoms with Crippen LogP contribution in [0.1, 0.15) is 212 Å². The topological polar surface area (TPSA) is 336 Å².